The molecule has 1 aromatic carbocycles. The minimum absolute atomic E-state index is 0.0825. The van der Waals surface area contributed by atoms with Gasteiger partial charge in [0.1, 0.15) is 6.10 Å². The number of esters is 2. The first kappa shape index (κ1) is 21.0. The van der Waals surface area contributed by atoms with E-state index in [1.807, 2.05) is 0 Å². The van der Waals surface area contributed by atoms with Gasteiger partial charge in [0.25, 0.3) is 0 Å². The summed E-state index contributed by atoms with van der Waals surface area (Å²) < 4.78 is 10.7. The molecule has 3 unspecified atom stereocenters. The fourth-order valence-electron chi connectivity index (χ4n) is 3.49. The van der Waals surface area contributed by atoms with Crippen LogP contribution >= 0.6 is 23.2 Å². The fraction of sp³-hybridized carbons (Fsp3) is 0.600. The molecule has 1 saturated carbocycles. The van der Waals surface area contributed by atoms with E-state index in [1.165, 1.54) is 0 Å². The van der Waals surface area contributed by atoms with Crippen LogP contribution < -0.4 is 0 Å². The molecule has 0 heterocycles. The molecule has 4 nitrogen and oxygen atoms in total. The summed E-state index contributed by atoms with van der Waals surface area (Å²) in [6, 6.07) is 5.01. The Hall–Kier alpha value is -1.26. The van der Waals surface area contributed by atoms with Gasteiger partial charge in [-0.25, -0.2) is 4.79 Å². The zero-order valence-corrected chi connectivity index (χ0v) is 17.0. The lowest BCUT2D eigenvalue weighted by Gasteiger charge is -2.36. The van der Waals surface area contributed by atoms with Gasteiger partial charge in [-0.15, -0.1) is 0 Å². The summed E-state index contributed by atoms with van der Waals surface area (Å²) in [6.45, 7) is 6.07. The SMILES string of the molecule is CC1CCC(C(C)C)C(OC(=O)COC(=O)Cc2c(Cl)cccc2Cl)C1. The summed E-state index contributed by atoms with van der Waals surface area (Å²) in [7, 11) is 0. The van der Waals surface area contributed by atoms with Crippen LogP contribution in [0.15, 0.2) is 18.2 Å². The highest BCUT2D eigenvalue weighted by molar-refractivity contribution is 6.36. The van der Waals surface area contributed by atoms with Gasteiger partial charge in [0.15, 0.2) is 6.61 Å². The molecular weight excluding hydrogens is 375 g/mol. The minimum Gasteiger partial charge on any atom is -0.460 e. The van der Waals surface area contributed by atoms with Gasteiger partial charge in [-0.1, -0.05) is 56.5 Å². The topological polar surface area (TPSA) is 52.6 Å². The number of carbonyl (C=O) groups excluding carboxylic acids is 2. The summed E-state index contributed by atoms with van der Waals surface area (Å²) in [5.41, 5.74) is 0.496. The number of benzene rings is 1. The molecule has 26 heavy (non-hydrogen) atoms. The van der Waals surface area contributed by atoms with Crippen molar-refractivity contribution in [3.8, 4) is 0 Å². The molecule has 0 bridgehead atoms. The number of hydrogen-bond donors (Lipinski definition) is 0. The molecule has 1 fully saturated rings. The molecule has 2 rings (SSSR count). The van der Waals surface area contributed by atoms with E-state index in [0.29, 0.717) is 33.4 Å². The summed E-state index contributed by atoms with van der Waals surface area (Å²) >= 11 is 12.1. The van der Waals surface area contributed by atoms with E-state index in [9.17, 15) is 9.59 Å². The van der Waals surface area contributed by atoms with Crippen molar-refractivity contribution in [1.82, 2.24) is 0 Å². The quantitative estimate of drug-likeness (QED) is 0.624. The van der Waals surface area contributed by atoms with E-state index in [1.54, 1.807) is 18.2 Å². The Bertz CT molecular complexity index is 624. The average Bonchev–Trinajstić information content (AvgIpc) is 2.56. The van der Waals surface area contributed by atoms with Gasteiger partial charge < -0.3 is 9.47 Å². The number of ether oxygens (including phenoxy) is 2. The highest BCUT2D eigenvalue weighted by atomic mass is 35.5. The van der Waals surface area contributed by atoms with E-state index < -0.39 is 18.5 Å². The maximum Gasteiger partial charge on any atom is 0.344 e. The molecule has 0 aliphatic heterocycles. The van der Waals surface area contributed by atoms with E-state index in [-0.39, 0.29) is 12.5 Å². The summed E-state index contributed by atoms with van der Waals surface area (Å²) in [6.07, 6.45) is 2.88. The maximum absolute atomic E-state index is 12.1. The Balaban J connectivity index is 1.84. The molecule has 0 amide bonds. The molecular formula is C20H26Cl2O4. The third kappa shape index (κ3) is 5.88. The van der Waals surface area contributed by atoms with E-state index >= 15 is 0 Å². The molecule has 6 heteroatoms. The van der Waals surface area contributed by atoms with Gasteiger partial charge in [0, 0.05) is 15.6 Å². The van der Waals surface area contributed by atoms with E-state index in [2.05, 4.69) is 20.8 Å². The van der Waals surface area contributed by atoms with Crippen LogP contribution in [0.4, 0.5) is 0 Å². The molecule has 3 atom stereocenters. The standard InChI is InChI=1S/C20H26Cl2O4/c1-12(2)14-8-7-13(3)9-18(14)26-20(24)11-25-19(23)10-15-16(21)5-4-6-17(15)22/h4-6,12-14,18H,7-11H2,1-3H3. The monoisotopic (exact) mass is 400 g/mol. The lowest BCUT2D eigenvalue weighted by Crippen LogP contribution is -2.36. The maximum atomic E-state index is 12.1. The summed E-state index contributed by atoms with van der Waals surface area (Å²) in [5.74, 6) is 0.272. The van der Waals surface area contributed by atoms with Gasteiger partial charge in [0.2, 0.25) is 0 Å². The first-order valence-electron chi connectivity index (χ1n) is 9.06. The molecule has 1 aliphatic rings. The third-order valence-electron chi connectivity index (χ3n) is 4.98. The van der Waals surface area contributed by atoms with Crippen LogP contribution in [0.2, 0.25) is 10.0 Å². The zero-order valence-electron chi connectivity index (χ0n) is 15.5. The number of carbonyl (C=O) groups is 2. The van der Waals surface area contributed by atoms with Gasteiger partial charge in [-0.3, -0.25) is 4.79 Å². The largest absolute Gasteiger partial charge is 0.460 e. The summed E-state index contributed by atoms with van der Waals surface area (Å²) in [4.78, 5) is 24.1. The number of rotatable bonds is 6. The molecule has 1 aromatic rings. The Kier molecular flexibility index (Phi) is 7.78. The van der Waals surface area contributed by atoms with Gasteiger partial charge >= 0.3 is 11.9 Å². The van der Waals surface area contributed by atoms with Crippen molar-refractivity contribution in [3.05, 3.63) is 33.8 Å². The number of halogens is 2. The molecule has 144 valence electrons. The molecule has 1 aliphatic carbocycles. The Labute approximate surface area is 165 Å². The highest BCUT2D eigenvalue weighted by Gasteiger charge is 2.33. The Morgan fingerprint density at radius 3 is 2.42 bits per heavy atom. The number of hydrogen-bond acceptors (Lipinski definition) is 4. The van der Waals surface area contributed by atoms with Crippen LogP contribution in [-0.2, 0) is 25.5 Å². The second-order valence-corrected chi connectivity index (χ2v) is 8.21. The van der Waals surface area contributed by atoms with E-state index in [0.717, 1.165) is 19.3 Å². The van der Waals surface area contributed by atoms with Crippen molar-refractivity contribution in [1.29, 1.82) is 0 Å². The highest BCUT2D eigenvalue weighted by Crippen LogP contribution is 2.35. The average molecular weight is 401 g/mol. The van der Waals surface area contributed by atoms with Crippen LogP contribution in [0, 0.1) is 17.8 Å². The fourth-order valence-corrected chi connectivity index (χ4v) is 4.02. The van der Waals surface area contributed by atoms with Crippen LogP contribution in [-0.4, -0.2) is 24.6 Å². The van der Waals surface area contributed by atoms with Crippen molar-refractivity contribution in [2.75, 3.05) is 6.61 Å². The van der Waals surface area contributed by atoms with E-state index in [4.69, 9.17) is 32.7 Å². The van der Waals surface area contributed by atoms with Crippen LogP contribution in [0.3, 0.4) is 0 Å². The third-order valence-corrected chi connectivity index (χ3v) is 5.69. The predicted octanol–water partition coefficient (Wildman–Crippen LogP) is 5.08. The molecule has 0 N–H and O–H groups in total. The molecule has 0 spiro atoms. The van der Waals surface area contributed by atoms with Gasteiger partial charge in [0.05, 0.1) is 6.42 Å². The van der Waals surface area contributed by atoms with Crippen molar-refractivity contribution >= 4 is 35.1 Å². The lowest BCUT2D eigenvalue weighted by molar-refractivity contribution is -0.166. The summed E-state index contributed by atoms with van der Waals surface area (Å²) in [5, 5.41) is 0.793. The molecule has 0 radical (unpaired) electrons. The van der Waals surface area contributed by atoms with Crippen LogP contribution in [0.1, 0.15) is 45.6 Å². The first-order valence-corrected chi connectivity index (χ1v) is 9.81. The van der Waals surface area contributed by atoms with Crippen LogP contribution in [0.5, 0.6) is 0 Å². The first-order chi connectivity index (χ1) is 12.3. The normalized spacial score (nSPS) is 22.9. The smallest absolute Gasteiger partial charge is 0.344 e. The second-order valence-electron chi connectivity index (χ2n) is 7.39. The van der Waals surface area contributed by atoms with Gasteiger partial charge in [-0.05, 0) is 42.7 Å². The second kappa shape index (κ2) is 9.61. The van der Waals surface area contributed by atoms with Crippen molar-refractivity contribution in [3.63, 3.8) is 0 Å². The molecule has 0 saturated heterocycles. The molecule has 0 aromatic heterocycles. The Morgan fingerprint density at radius 2 is 1.81 bits per heavy atom. The lowest BCUT2D eigenvalue weighted by atomic mass is 9.75. The van der Waals surface area contributed by atoms with Gasteiger partial charge in [-0.2, -0.15) is 0 Å². The Morgan fingerprint density at radius 1 is 1.15 bits per heavy atom. The predicted molar refractivity (Wildman–Crippen MR) is 102 cm³/mol. The van der Waals surface area contributed by atoms with Crippen molar-refractivity contribution < 1.29 is 19.1 Å². The van der Waals surface area contributed by atoms with Crippen LogP contribution in [0.25, 0.3) is 0 Å². The zero-order chi connectivity index (χ0) is 19.3. The van der Waals surface area contributed by atoms with Crippen molar-refractivity contribution in [2.24, 2.45) is 17.8 Å². The van der Waals surface area contributed by atoms with Crippen molar-refractivity contribution in [2.45, 2.75) is 52.6 Å². The minimum atomic E-state index is -0.561.